The van der Waals surface area contributed by atoms with Gasteiger partial charge in [-0.2, -0.15) is 5.10 Å². The van der Waals surface area contributed by atoms with Gasteiger partial charge in [-0.25, -0.2) is 0 Å². The number of aryl methyl sites for hydroxylation is 2. The standard InChI is InChI=1S/C11H19N3/c1-7(2)11-10-8(6-12)4-5-9(10)13-14(11)3/h7-8H,4-6,12H2,1-3H3. The fourth-order valence-corrected chi connectivity index (χ4v) is 2.62. The van der Waals surface area contributed by atoms with Gasteiger partial charge in [-0.15, -0.1) is 0 Å². The molecule has 1 heterocycles. The molecule has 0 bridgehead atoms. The van der Waals surface area contributed by atoms with E-state index in [1.54, 1.807) is 0 Å². The zero-order valence-corrected chi connectivity index (χ0v) is 9.25. The fraction of sp³-hybridized carbons (Fsp3) is 0.727. The summed E-state index contributed by atoms with van der Waals surface area (Å²) in [4.78, 5) is 0. The zero-order valence-electron chi connectivity index (χ0n) is 9.25. The molecule has 1 aliphatic rings. The molecule has 0 spiro atoms. The summed E-state index contributed by atoms with van der Waals surface area (Å²) in [5.41, 5.74) is 9.91. The van der Waals surface area contributed by atoms with E-state index >= 15 is 0 Å². The van der Waals surface area contributed by atoms with Crippen molar-refractivity contribution in [3.05, 3.63) is 17.0 Å². The summed E-state index contributed by atoms with van der Waals surface area (Å²) in [6, 6.07) is 0. The van der Waals surface area contributed by atoms with Crippen molar-refractivity contribution < 1.29 is 0 Å². The van der Waals surface area contributed by atoms with Crippen LogP contribution in [-0.2, 0) is 13.5 Å². The highest BCUT2D eigenvalue weighted by Gasteiger charge is 2.29. The summed E-state index contributed by atoms with van der Waals surface area (Å²) in [7, 11) is 2.04. The van der Waals surface area contributed by atoms with Crippen LogP contribution in [0.2, 0.25) is 0 Å². The lowest BCUT2D eigenvalue weighted by Gasteiger charge is -2.13. The van der Waals surface area contributed by atoms with Crippen molar-refractivity contribution in [1.82, 2.24) is 9.78 Å². The molecular formula is C11H19N3. The van der Waals surface area contributed by atoms with Crippen LogP contribution in [0.5, 0.6) is 0 Å². The average molecular weight is 193 g/mol. The number of aromatic nitrogens is 2. The highest BCUT2D eigenvalue weighted by atomic mass is 15.3. The Kier molecular flexibility index (Phi) is 2.35. The average Bonchev–Trinajstić information content (AvgIpc) is 2.60. The third-order valence-electron chi connectivity index (χ3n) is 3.18. The molecule has 3 heteroatoms. The van der Waals surface area contributed by atoms with Gasteiger partial charge in [-0.05, 0) is 25.3 Å². The van der Waals surface area contributed by atoms with Crippen LogP contribution >= 0.6 is 0 Å². The number of fused-ring (bicyclic) bond motifs is 1. The predicted molar refractivity (Wildman–Crippen MR) is 57.4 cm³/mol. The second-order valence-corrected chi connectivity index (χ2v) is 4.50. The lowest BCUT2D eigenvalue weighted by Crippen LogP contribution is -2.12. The first kappa shape index (κ1) is 9.71. The Balaban J connectivity index is 2.50. The van der Waals surface area contributed by atoms with E-state index in [0.29, 0.717) is 11.8 Å². The largest absolute Gasteiger partial charge is 0.330 e. The van der Waals surface area contributed by atoms with E-state index in [0.717, 1.165) is 13.0 Å². The Bertz CT molecular complexity index is 339. The van der Waals surface area contributed by atoms with Gasteiger partial charge in [0, 0.05) is 24.2 Å². The summed E-state index contributed by atoms with van der Waals surface area (Å²) in [5.74, 6) is 1.10. The Hall–Kier alpha value is -0.830. The SMILES string of the molecule is CC(C)c1c2c(nn1C)CCC2CN. The molecule has 0 saturated heterocycles. The maximum Gasteiger partial charge on any atom is 0.0663 e. The second-order valence-electron chi connectivity index (χ2n) is 4.50. The van der Waals surface area contributed by atoms with Crippen molar-refractivity contribution in [2.75, 3.05) is 6.54 Å². The van der Waals surface area contributed by atoms with E-state index in [1.165, 1.54) is 23.4 Å². The van der Waals surface area contributed by atoms with Gasteiger partial charge in [0.2, 0.25) is 0 Å². The highest BCUT2D eigenvalue weighted by Crippen LogP contribution is 2.37. The Morgan fingerprint density at radius 3 is 2.86 bits per heavy atom. The number of nitrogens with zero attached hydrogens (tertiary/aromatic N) is 2. The molecule has 2 rings (SSSR count). The Labute approximate surface area is 85.3 Å². The molecule has 0 radical (unpaired) electrons. The Morgan fingerprint density at radius 2 is 2.29 bits per heavy atom. The van der Waals surface area contributed by atoms with Gasteiger partial charge in [0.1, 0.15) is 0 Å². The second kappa shape index (κ2) is 3.39. The summed E-state index contributed by atoms with van der Waals surface area (Å²) in [6.07, 6.45) is 2.30. The van der Waals surface area contributed by atoms with Crippen LogP contribution < -0.4 is 5.73 Å². The lowest BCUT2D eigenvalue weighted by molar-refractivity contribution is 0.611. The molecular weight excluding hydrogens is 174 g/mol. The molecule has 78 valence electrons. The normalized spacial score (nSPS) is 20.5. The summed E-state index contributed by atoms with van der Waals surface area (Å²) < 4.78 is 2.04. The van der Waals surface area contributed by atoms with Gasteiger partial charge in [-0.3, -0.25) is 4.68 Å². The van der Waals surface area contributed by atoms with Gasteiger partial charge in [0.05, 0.1) is 5.69 Å². The van der Waals surface area contributed by atoms with Crippen LogP contribution in [0.4, 0.5) is 0 Å². The molecule has 0 saturated carbocycles. The molecule has 0 fully saturated rings. The highest BCUT2D eigenvalue weighted by molar-refractivity contribution is 5.36. The van der Waals surface area contributed by atoms with E-state index in [4.69, 9.17) is 5.73 Å². The Morgan fingerprint density at radius 1 is 1.57 bits per heavy atom. The van der Waals surface area contributed by atoms with Crippen molar-refractivity contribution in [2.24, 2.45) is 12.8 Å². The monoisotopic (exact) mass is 193 g/mol. The van der Waals surface area contributed by atoms with Crippen molar-refractivity contribution >= 4 is 0 Å². The summed E-state index contributed by atoms with van der Waals surface area (Å²) in [5, 5.41) is 4.57. The van der Waals surface area contributed by atoms with Gasteiger partial charge < -0.3 is 5.73 Å². The maximum absolute atomic E-state index is 5.79. The third-order valence-corrected chi connectivity index (χ3v) is 3.18. The van der Waals surface area contributed by atoms with Crippen molar-refractivity contribution in [3.63, 3.8) is 0 Å². The first-order valence-electron chi connectivity index (χ1n) is 5.40. The quantitative estimate of drug-likeness (QED) is 0.774. The molecule has 1 unspecified atom stereocenters. The van der Waals surface area contributed by atoms with Crippen LogP contribution in [0.25, 0.3) is 0 Å². The zero-order chi connectivity index (χ0) is 10.3. The molecule has 1 aliphatic carbocycles. The van der Waals surface area contributed by atoms with Crippen molar-refractivity contribution in [1.29, 1.82) is 0 Å². The van der Waals surface area contributed by atoms with Gasteiger partial charge in [0.15, 0.2) is 0 Å². The van der Waals surface area contributed by atoms with E-state index in [-0.39, 0.29) is 0 Å². The van der Waals surface area contributed by atoms with Crippen LogP contribution in [0.1, 0.15) is 49.1 Å². The summed E-state index contributed by atoms with van der Waals surface area (Å²) in [6.45, 7) is 5.21. The molecule has 0 aliphatic heterocycles. The van der Waals surface area contributed by atoms with E-state index in [1.807, 2.05) is 11.7 Å². The fourth-order valence-electron chi connectivity index (χ4n) is 2.62. The van der Waals surface area contributed by atoms with Gasteiger partial charge >= 0.3 is 0 Å². The molecule has 14 heavy (non-hydrogen) atoms. The minimum Gasteiger partial charge on any atom is -0.330 e. The van der Waals surface area contributed by atoms with Gasteiger partial charge in [-0.1, -0.05) is 13.8 Å². The number of hydrogen-bond acceptors (Lipinski definition) is 2. The smallest absolute Gasteiger partial charge is 0.0663 e. The number of nitrogens with two attached hydrogens (primary N) is 1. The van der Waals surface area contributed by atoms with E-state index < -0.39 is 0 Å². The van der Waals surface area contributed by atoms with E-state index in [2.05, 4.69) is 18.9 Å². The molecule has 1 aromatic heterocycles. The molecule has 0 aromatic carbocycles. The lowest BCUT2D eigenvalue weighted by atomic mass is 9.96. The minimum atomic E-state index is 0.545. The van der Waals surface area contributed by atoms with Crippen molar-refractivity contribution in [3.8, 4) is 0 Å². The molecule has 0 amide bonds. The van der Waals surface area contributed by atoms with Crippen molar-refractivity contribution in [2.45, 2.75) is 38.5 Å². The van der Waals surface area contributed by atoms with Crippen LogP contribution in [0.3, 0.4) is 0 Å². The molecule has 2 N–H and O–H groups in total. The maximum atomic E-state index is 5.79. The van der Waals surface area contributed by atoms with Crippen LogP contribution in [-0.4, -0.2) is 16.3 Å². The minimum absolute atomic E-state index is 0.545. The summed E-state index contributed by atoms with van der Waals surface area (Å²) >= 11 is 0. The topological polar surface area (TPSA) is 43.8 Å². The number of hydrogen-bond donors (Lipinski definition) is 1. The third kappa shape index (κ3) is 1.27. The molecule has 1 aromatic rings. The molecule has 1 atom stereocenters. The molecule has 3 nitrogen and oxygen atoms in total. The predicted octanol–water partition coefficient (Wildman–Crippen LogP) is 1.53. The van der Waals surface area contributed by atoms with Crippen LogP contribution in [0.15, 0.2) is 0 Å². The first-order chi connectivity index (χ1) is 6.65. The van der Waals surface area contributed by atoms with Crippen LogP contribution in [0, 0.1) is 0 Å². The van der Waals surface area contributed by atoms with Gasteiger partial charge in [0.25, 0.3) is 0 Å². The first-order valence-corrected chi connectivity index (χ1v) is 5.40. The number of rotatable bonds is 2. The van der Waals surface area contributed by atoms with E-state index in [9.17, 15) is 0 Å².